The van der Waals surface area contributed by atoms with Crippen molar-refractivity contribution in [2.24, 2.45) is 0 Å². The van der Waals surface area contributed by atoms with Crippen molar-refractivity contribution in [3.05, 3.63) is 65.7 Å². The zero-order valence-corrected chi connectivity index (χ0v) is 16.4. The van der Waals surface area contributed by atoms with Gasteiger partial charge >= 0.3 is 0 Å². The van der Waals surface area contributed by atoms with Crippen molar-refractivity contribution in [2.45, 2.75) is 61.9 Å². The lowest BCUT2D eigenvalue weighted by Crippen LogP contribution is -2.45. The van der Waals surface area contributed by atoms with E-state index in [1.54, 1.807) is 0 Å². The maximum absolute atomic E-state index is 3.84. The van der Waals surface area contributed by atoms with Crippen LogP contribution in [0.25, 0.3) is 0 Å². The third-order valence-corrected chi connectivity index (χ3v) is 5.79. The Balaban J connectivity index is 1.70. The second-order valence-corrected chi connectivity index (χ2v) is 9.66. The van der Waals surface area contributed by atoms with Gasteiger partial charge in [-0.2, -0.15) is 0 Å². The first kappa shape index (κ1) is 18.5. The van der Waals surface area contributed by atoms with E-state index >= 15 is 0 Å². The van der Waals surface area contributed by atoms with Gasteiger partial charge in [0.05, 0.1) is 0 Å². The van der Waals surface area contributed by atoms with Crippen molar-refractivity contribution in [3.63, 3.8) is 0 Å². The number of thioether (sulfide) groups is 1. The van der Waals surface area contributed by atoms with Crippen molar-refractivity contribution in [2.75, 3.05) is 6.54 Å². The number of hydrogen-bond donors (Lipinski definition) is 2. The summed E-state index contributed by atoms with van der Waals surface area (Å²) >= 11 is 1.96. The molecular weight excluding hydrogens is 324 g/mol. The average molecular weight is 355 g/mol. The molecule has 0 amide bonds. The van der Waals surface area contributed by atoms with Crippen LogP contribution in [0.2, 0.25) is 0 Å². The van der Waals surface area contributed by atoms with Crippen molar-refractivity contribution in [1.82, 2.24) is 10.6 Å². The van der Waals surface area contributed by atoms with Gasteiger partial charge in [-0.3, -0.25) is 0 Å². The highest BCUT2D eigenvalue weighted by Gasteiger charge is 2.25. The van der Waals surface area contributed by atoms with E-state index in [9.17, 15) is 0 Å². The molecule has 0 saturated carbocycles. The standard InChI is InChI=1S/C22H30N2S/c1-22(2,3)25-20-14-8-7-12-18(20)16-24-19-13-9-15-23-21(19)17-10-5-4-6-11-17/h4-8,10-12,14,19,21,23-24H,9,13,15-16H2,1-3H3/t19-,21-/m0/s1. The maximum atomic E-state index is 3.84. The Labute approximate surface area is 156 Å². The smallest absolute Gasteiger partial charge is 0.0476 e. The molecule has 0 bridgehead atoms. The number of benzene rings is 2. The van der Waals surface area contributed by atoms with Crippen LogP contribution < -0.4 is 10.6 Å². The Bertz CT molecular complexity index is 663. The molecule has 1 saturated heterocycles. The fourth-order valence-corrected chi connectivity index (χ4v) is 4.52. The summed E-state index contributed by atoms with van der Waals surface area (Å²) in [5.41, 5.74) is 2.79. The van der Waals surface area contributed by atoms with E-state index in [0.29, 0.717) is 12.1 Å². The topological polar surface area (TPSA) is 24.1 Å². The van der Waals surface area contributed by atoms with Gasteiger partial charge in [0.15, 0.2) is 0 Å². The molecule has 0 unspecified atom stereocenters. The molecule has 25 heavy (non-hydrogen) atoms. The van der Waals surface area contributed by atoms with E-state index in [0.717, 1.165) is 13.1 Å². The highest BCUT2D eigenvalue weighted by Crippen LogP contribution is 2.34. The summed E-state index contributed by atoms with van der Waals surface area (Å²) in [6, 6.07) is 20.5. The van der Waals surface area contributed by atoms with E-state index in [1.807, 2.05) is 11.8 Å². The molecular formula is C22H30N2S. The highest BCUT2D eigenvalue weighted by molar-refractivity contribution is 8.00. The molecule has 2 atom stereocenters. The van der Waals surface area contributed by atoms with Gasteiger partial charge in [0.2, 0.25) is 0 Å². The quantitative estimate of drug-likeness (QED) is 0.725. The summed E-state index contributed by atoms with van der Waals surface area (Å²) in [6.07, 6.45) is 2.46. The fourth-order valence-electron chi connectivity index (χ4n) is 3.44. The van der Waals surface area contributed by atoms with Crippen LogP contribution in [-0.2, 0) is 6.54 Å². The van der Waals surface area contributed by atoms with Gasteiger partial charge in [-0.15, -0.1) is 11.8 Å². The van der Waals surface area contributed by atoms with Crippen molar-refractivity contribution < 1.29 is 0 Å². The first-order valence-electron chi connectivity index (χ1n) is 9.31. The van der Waals surface area contributed by atoms with Crippen molar-refractivity contribution in [1.29, 1.82) is 0 Å². The SMILES string of the molecule is CC(C)(C)Sc1ccccc1CN[C@H]1CCCN[C@H]1c1ccccc1. The summed E-state index contributed by atoms with van der Waals surface area (Å²) < 4.78 is 0.231. The molecule has 3 rings (SSSR count). The molecule has 0 spiro atoms. The predicted molar refractivity (Wildman–Crippen MR) is 109 cm³/mol. The largest absolute Gasteiger partial charge is 0.309 e. The monoisotopic (exact) mass is 354 g/mol. The van der Waals surface area contributed by atoms with Crippen molar-refractivity contribution in [3.8, 4) is 0 Å². The Morgan fingerprint density at radius 1 is 1.04 bits per heavy atom. The molecule has 2 aromatic carbocycles. The molecule has 0 aliphatic carbocycles. The molecule has 2 N–H and O–H groups in total. The Hall–Kier alpha value is -1.29. The van der Waals surface area contributed by atoms with E-state index in [4.69, 9.17) is 0 Å². The highest BCUT2D eigenvalue weighted by atomic mass is 32.2. The van der Waals surface area contributed by atoms with Gasteiger partial charge in [0.1, 0.15) is 0 Å². The summed E-state index contributed by atoms with van der Waals surface area (Å²) in [6.45, 7) is 8.86. The first-order chi connectivity index (χ1) is 12.0. The molecule has 0 aromatic heterocycles. The van der Waals surface area contributed by atoms with Crippen LogP contribution >= 0.6 is 11.8 Å². The molecule has 2 nitrogen and oxygen atoms in total. The summed E-state index contributed by atoms with van der Waals surface area (Å²) in [4.78, 5) is 1.39. The third kappa shape index (κ3) is 5.34. The Morgan fingerprint density at radius 2 is 1.76 bits per heavy atom. The third-order valence-electron chi connectivity index (χ3n) is 4.56. The van der Waals surface area contributed by atoms with E-state index in [1.165, 1.54) is 28.9 Å². The predicted octanol–water partition coefficient (Wildman–Crippen LogP) is 5.16. The minimum atomic E-state index is 0.231. The molecule has 1 aliphatic rings. The number of piperidine rings is 1. The lowest BCUT2D eigenvalue weighted by atomic mass is 9.92. The van der Waals surface area contributed by atoms with Gasteiger partial charge in [-0.25, -0.2) is 0 Å². The normalized spacial score (nSPS) is 21.2. The summed E-state index contributed by atoms with van der Waals surface area (Å²) in [7, 11) is 0. The van der Waals surface area contributed by atoms with Crippen LogP contribution in [0, 0.1) is 0 Å². The molecule has 0 radical (unpaired) electrons. The van der Waals surface area contributed by atoms with Crippen LogP contribution in [0.4, 0.5) is 0 Å². The van der Waals surface area contributed by atoms with Crippen LogP contribution in [0.15, 0.2) is 59.5 Å². The molecule has 3 heteroatoms. The van der Waals surface area contributed by atoms with Gasteiger partial charge in [-0.05, 0) is 36.6 Å². The maximum Gasteiger partial charge on any atom is 0.0476 e. The lowest BCUT2D eigenvalue weighted by molar-refractivity contribution is 0.304. The second-order valence-electron chi connectivity index (χ2n) is 7.79. The minimum absolute atomic E-state index is 0.231. The van der Waals surface area contributed by atoms with Gasteiger partial charge in [0, 0.05) is 28.3 Å². The zero-order chi connectivity index (χ0) is 17.7. The van der Waals surface area contributed by atoms with Gasteiger partial charge in [0.25, 0.3) is 0 Å². The number of hydrogen-bond acceptors (Lipinski definition) is 3. The Morgan fingerprint density at radius 3 is 2.52 bits per heavy atom. The average Bonchev–Trinajstić information content (AvgIpc) is 2.61. The summed E-state index contributed by atoms with van der Waals surface area (Å²) in [5.74, 6) is 0. The van der Waals surface area contributed by atoms with E-state index in [-0.39, 0.29) is 4.75 Å². The van der Waals surface area contributed by atoms with Crippen LogP contribution in [-0.4, -0.2) is 17.3 Å². The van der Waals surface area contributed by atoms with Gasteiger partial charge in [-0.1, -0.05) is 69.3 Å². The fraction of sp³-hybridized carbons (Fsp3) is 0.455. The summed E-state index contributed by atoms with van der Waals surface area (Å²) in [5, 5.41) is 7.54. The molecule has 1 fully saturated rings. The second kappa shape index (κ2) is 8.39. The van der Waals surface area contributed by atoms with E-state index < -0.39 is 0 Å². The van der Waals surface area contributed by atoms with Crippen molar-refractivity contribution >= 4 is 11.8 Å². The molecule has 134 valence electrons. The Kier molecular flexibility index (Phi) is 6.21. The van der Waals surface area contributed by atoms with Crippen LogP contribution in [0.5, 0.6) is 0 Å². The first-order valence-corrected chi connectivity index (χ1v) is 10.1. The van der Waals surface area contributed by atoms with Crippen LogP contribution in [0.1, 0.15) is 50.8 Å². The number of rotatable bonds is 5. The molecule has 1 aliphatic heterocycles. The lowest BCUT2D eigenvalue weighted by Gasteiger charge is -2.34. The van der Waals surface area contributed by atoms with Crippen LogP contribution in [0.3, 0.4) is 0 Å². The van der Waals surface area contributed by atoms with E-state index in [2.05, 4.69) is 86.0 Å². The number of nitrogens with one attached hydrogen (secondary N) is 2. The molecule has 2 aromatic rings. The molecule has 1 heterocycles. The zero-order valence-electron chi connectivity index (χ0n) is 15.6. The van der Waals surface area contributed by atoms with Gasteiger partial charge < -0.3 is 10.6 Å². The minimum Gasteiger partial charge on any atom is -0.309 e.